The molecule has 5 rings (SSSR count). The van der Waals surface area contributed by atoms with Crippen LogP contribution < -0.4 is 10.6 Å². The maximum absolute atomic E-state index is 12.8. The lowest BCUT2D eigenvalue weighted by Gasteiger charge is -2.34. The van der Waals surface area contributed by atoms with Crippen LogP contribution in [-0.4, -0.2) is 51.5 Å². The fourth-order valence-corrected chi connectivity index (χ4v) is 3.76. The molecule has 1 fully saturated rings. The molecule has 1 amide bonds. The van der Waals surface area contributed by atoms with Gasteiger partial charge in [-0.3, -0.25) is 9.36 Å². The number of carbonyl (C=O) groups excluding carboxylic acids is 1. The molecule has 1 aliphatic heterocycles. The number of nitrogens with one attached hydrogen (secondary N) is 1. The Kier molecular flexibility index (Phi) is 4.55. The summed E-state index contributed by atoms with van der Waals surface area (Å²) in [7, 11) is 0. The summed E-state index contributed by atoms with van der Waals surface area (Å²) in [6, 6.07) is 12.8. The first-order chi connectivity index (χ1) is 15.1. The number of anilines is 1. The summed E-state index contributed by atoms with van der Waals surface area (Å²) in [5.41, 5.74) is 1.27. The van der Waals surface area contributed by atoms with E-state index in [4.69, 9.17) is 8.83 Å². The number of rotatable bonds is 4. The predicted molar refractivity (Wildman–Crippen MR) is 110 cm³/mol. The molecule has 3 aromatic heterocycles. The quantitative estimate of drug-likeness (QED) is 0.536. The molecule has 4 aromatic rings. The summed E-state index contributed by atoms with van der Waals surface area (Å²) in [5.74, 6) is 0.921. The topological polar surface area (TPSA) is 124 Å². The second-order valence-corrected chi connectivity index (χ2v) is 7.16. The molecule has 1 aliphatic rings. The number of imidazole rings is 1. The monoisotopic (exact) mass is 418 g/mol. The molecule has 0 radical (unpaired) electrons. The number of para-hydroxylation sites is 2. The van der Waals surface area contributed by atoms with Crippen molar-refractivity contribution in [3.8, 4) is 17.7 Å². The summed E-state index contributed by atoms with van der Waals surface area (Å²) in [6.07, 6.45) is 1.51. The van der Waals surface area contributed by atoms with E-state index in [1.807, 2.05) is 23.1 Å². The van der Waals surface area contributed by atoms with E-state index in [0.29, 0.717) is 48.9 Å². The first kappa shape index (κ1) is 18.7. The van der Waals surface area contributed by atoms with Gasteiger partial charge in [-0.05, 0) is 24.3 Å². The molecule has 0 atom stereocenters. The Balaban J connectivity index is 1.28. The van der Waals surface area contributed by atoms with Crippen LogP contribution in [0.1, 0.15) is 5.69 Å². The van der Waals surface area contributed by atoms with Gasteiger partial charge in [-0.1, -0.05) is 12.1 Å². The molecule has 1 aromatic carbocycles. The number of hydrogen-bond donors (Lipinski definition) is 1. The number of furan rings is 1. The highest BCUT2D eigenvalue weighted by Gasteiger charge is 2.27. The number of carbonyl (C=O) groups is 1. The molecule has 10 nitrogen and oxygen atoms in total. The molecule has 1 N–H and O–H groups in total. The number of nitriles is 1. The smallest absolute Gasteiger partial charge is 0.326 e. The summed E-state index contributed by atoms with van der Waals surface area (Å²) in [6.45, 7) is 1.82. The van der Waals surface area contributed by atoms with Gasteiger partial charge in [0.05, 0.1) is 17.3 Å². The van der Waals surface area contributed by atoms with Crippen LogP contribution in [0.5, 0.6) is 0 Å². The molecule has 0 spiro atoms. The van der Waals surface area contributed by atoms with Crippen LogP contribution in [0.15, 0.2) is 56.3 Å². The van der Waals surface area contributed by atoms with Gasteiger partial charge in [0.15, 0.2) is 5.76 Å². The van der Waals surface area contributed by atoms with Crippen LogP contribution in [0.25, 0.3) is 22.7 Å². The fourth-order valence-electron chi connectivity index (χ4n) is 3.76. The zero-order chi connectivity index (χ0) is 21.4. The van der Waals surface area contributed by atoms with Crippen molar-refractivity contribution in [2.75, 3.05) is 31.1 Å². The Bertz CT molecular complexity index is 1330. The summed E-state index contributed by atoms with van der Waals surface area (Å²) >= 11 is 0. The average Bonchev–Trinajstić information content (AvgIpc) is 3.53. The van der Waals surface area contributed by atoms with Gasteiger partial charge in [-0.15, -0.1) is 0 Å². The van der Waals surface area contributed by atoms with E-state index in [9.17, 15) is 14.9 Å². The third-order valence-corrected chi connectivity index (χ3v) is 5.34. The number of aromatic nitrogens is 3. The van der Waals surface area contributed by atoms with Gasteiger partial charge in [0.2, 0.25) is 17.5 Å². The van der Waals surface area contributed by atoms with Gasteiger partial charge in [0.25, 0.3) is 5.89 Å². The highest BCUT2D eigenvalue weighted by molar-refractivity contribution is 5.80. The number of aromatic amines is 1. The van der Waals surface area contributed by atoms with E-state index in [1.54, 1.807) is 23.1 Å². The Morgan fingerprint density at radius 2 is 1.97 bits per heavy atom. The number of nitrogens with zero attached hydrogens (tertiary/aromatic N) is 5. The zero-order valence-electron chi connectivity index (χ0n) is 16.4. The second-order valence-electron chi connectivity index (χ2n) is 7.16. The fraction of sp³-hybridized carbons (Fsp3) is 0.238. The van der Waals surface area contributed by atoms with Crippen LogP contribution in [0.2, 0.25) is 0 Å². The summed E-state index contributed by atoms with van der Waals surface area (Å²) < 4.78 is 12.5. The Labute approximate surface area is 175 Å². The SMILES string of the molecule is N#Cc1nc(-c2ccco2)oc1N1CCN(C(=O)Cn2c(=O)[nH]c3ccccc32)CC1. The number of oxazole rings is 1. The summed E-state index contributed by atoms with van der Waals surface area (Å²) in [4.78, 5) is 35.6. The lowest BCUT2D eigenvalue weighted by Crippen LogP contribution is -2.50. The standard InChI is InChI=1S/C21H18N6O4/c22-12-15-20(31-19(23-15)17-6-3-11-30-17)26-9-7-25(8-10-26)18(28)13-27-16-5-2-1-4-14(16)24-21(27)29/h1-6,11H,7-10,13H2,(H,24,29). The van der Waals surface area contributed by atoms with Crippen molar-refractivity contribution < 1.29 is 13.6 Å². The van der Waals surface area contributed by atoms with E-state index >= 15 is 0 Å². The third kappa shape index (κ3) is 3.36. The van der Waals surface area contributed by atoms with Crippen molar-refractivity contribution in [2.45, 2.75) is 6.54 Å². The van der Waals surface area contributed by atoms with Crippen LogP contribution in [0, 0.1) is 11.3 Å². The van der Waals surface area contributed by atoms with Crippen molar-refractivity contribution in [3.05, 3.63) is 58.8 Å². The van der Waals surface area contributed by atoms with Crippen molar-refractivity contribution in [2.24, 2.45) is 0 Å². The molecule has 0 aliphatic carbocycles. The van der Waals surface area contributed by atoms with Crippen molar-refractivity contribution in [1.29, 1.82) is 5.26 Å². The van der Waals surface area contributed by atoms with Gasteiger partial charge >= 0.3 is 5.69 Å². The van der Waals surface area contributed by atoms with Gasteiger partial charge in [-0.2, -0.15) is 10.2 Å². The lowest BCUT2D eigenvalue weighted by atomic mass is 10.3. The highest BCUT2D eigenvalue weighted by atomic mass is 16.4. The van der Waals surface area contributed by atoms with Crippen LogP contribution in [0.3, 0.4) is 0 Å². The molecule has 31 heavy (non-hydrogen) atoms. The molecule has 0 unspecified atom stereocenters. The average molecular weight is 418 g/mol. The molecular formula is C21H18N6O4. The van der Waals surface area contributed by atoms with E-state index in [0.717, 1.165) is 0 Å². The van der Waals surface area contributed by atoms with Gasteiger partial charge in [-0.25, -0.2) is 4.79 Å². The number of amides is 1. The van der Waals surface area contributed by atoms with Gasteiger partial charge in [0.1, 0.15) is 12.6 Å². The zero-order valence-corrected chi connectivity index (χ0v) is 16.4. The van der Waals surface area contributed by atoms with Crippen molar-refractivity contribution >= 4 is 22.8 Å². The summed E-state index contributed by atoms with van der Waals surface area (Å²) in [5, 5.41) is 9.43. The molecule has 1 saturated heterocycles. The molecule has 0 bridgehead atoms. The molecule has 0 saturated carbocycles. The maximum Gasteiger partial charge on any atom is 0.326 e. The Morgan fingerprint density at radius 3 is 2.71 bits per heavy atom. The van der Waals surface area contributed by atoms with Crippen molar-refractivity contribution in [1.82, 2.24) is 19.4 Å². The van der Waals surface area contributed by atoms with Gasteiger partial charge in [0, 0.05) is 26.2 Å². The Morgan fingerprint density at radius 1 is 1.16 bits per heavy atom. The molecule has 10 heteroatoms. The number of benzene rings is 1. The Hall–Kier alpha value is -4.26. The van der Waals surface area contributed by atoms with E-state index in [1.165, 1.54) is 10.8 Å². The number of fused-ring (bicyclic) bond motifs is 1. The maximum atomic E-state index is 12.8. The lowest BCUT2D eigenvalue weighted by molar-refractivity contribution is -0.132. The minimum Gasteiger partial charge on any atom is -0.459 e. The van der Waals surface area contributed by atoms with Crippen molar-refractivity contribution in [3.63, 3.8) is 0 Å². The molecular weight excluding hydrogens is 400 g/mol. The van der Waals surface area contributed by atoms with E-state index in [2.05, 4.69) is 16.0 Å². The number of hydrogen-bond acceptors (Lipinski definition) is 7. The van der Waals surface area contributed by atoms with Crippen LogP contribution >= 0.6 is 0 Å². The van der Waals surface area contributed by atoms with Crippen LogP contribution in [-0.2, 0) is 11.3 Å². The normalized spacial score (nSPS) is 14.2. The molecule has 4 heterocycles. The van der Waals surface area contributed by atoms with Crippen LogP contribution in [0.4, 0.5) is 5.88 Å². The first-order valence-corrected chi connectivity index (χ1v) is 9.79. The largest absolute Gasteiger partial charge is 0.459 e. The minimum atomic E-state index is -0.307. The minimum absolute atomic E-state index is 0.0305. The predicted octanol–water partition coefficient (Wildman–Crippen LogP) is 1.80. The highest BCUT2D eigenvalue weighted by Crippen LogP contribution is 2.29. The third-order valence-electron chi connectivity index (χ3n) is 5.34. The second kappa shape index (κ2) is 7.53. The molecule has 156 valence electrons. The van der Waals surface area contributed by atoms with Gasteiger partial charge < -0.3 is 23.6 Å². The van der Waals surface area contributed by atoms with E-state index in [-0.39, 0.29) is 29.7 Å². The first-order valence-electron chi connectivity index (χ1n) is 9.79. The van der Waals surface area contributed by atoms with E-state index < -0.39 is 0 Å². The number of H-pyrrole nitrogens is 1. The number of piperazine rings is 1.